The number of aromatic nitrogens is 1. The number of fused-ring (bicyclic) bond motifs is 1. The second-order valence-electron chi connectivity index (χ2n) is 7.20. The summed E-state index contributed by atoms with van der Waals surface area (Å²) in [6.07, 6.45) is 4.31. The van der Waals surface area contributed by atoms with E-state index in [9.17, 15) is 5.11 Å². The van der Waals surface area contributed by atoms with Gasteiger partial charge in [-0.1, -0.05) is 36.4 Å². The standard InChI is InChI=1S/C23H26N2O2/c26-23(12-15-27-21-7-2-1-3-8-21)25-13-10-18(11-14-25)20-16-19-6-4-5-9-22(19)24-17-20/h1-9,16-18,23,26H,10-15H2/t23-/m0/s1. The first-order valence-corrected chi connectivity index (χ1v) is 9.74. The van der Waals surface area contributed by atoms with Gasteiger partial charge in [-0.25, -0.2) is 0 Å². The largest absolute Gasteiger partial charge is 0.493 e. The molecule has 4 rings (SSSR count). The second-order valence-corrected chi connectivity index (χ2v) is 7.20. The highest BCUT2D eigenvalue weighted by atomic mass is 16.5. The molecule has 140 valence electrons. The van der Waals surface area contributed by atoms with Crippen LogP contribution in [0.3, 0.4) is 0 Å². The number of pyridine rings is 1. The van der Waals surface area contributed by atoms with Crippen LogP contribution in [-0.4, -0.2) is 40.9 Å². The van der Waals surface area contributed by atoms with Gasteiger partial charge in [0, 0.05) is 31.1 Å². The zero-order valence-electron chi connectivity index (χ0n) is 15.5. The van der Waals surface area contributed by atoms with Crippen molar-refractivity contribution in [2.24, 2.45) is 0 Å². The summed E-state index contributed by atoms with van der Waals surface area (Å²) in [7, 11) is 0. The van der Waals surface area contributed by atoms with Crippen molar-refractivity contribution < 1.29 is 9.84 Å². The highest BCUT2D eigenvalue weighted by Gasteiger charge is 2.25. The number of aliphatic hydroxyl groups is 1. The van der Waals surface area contributed by atoms with E-state index < -0.39 is 6.23 Å². The SMILES string of the molecule is O[C@@H](CCOc1ccccc1)N1CCC(c2cnc3ccccc3c2)CC1. The van der Waals surface area contributed by atoms with Gasteiger partial charge in [0.2, 0.25) is 0 Å². The summed E-state index contributed by atoms with van der Waals surface area (Å²) in [4.78, 5) is 6.77. The molecule has 0 radical (unpaired) electrons. The highest BCUT2D eigenvalue weighted by molar-refractivity contribution is 5.78. The Labute approximate surface area is 160 Å². The van der Waals surface area contributed by atoms with Gasteiger partial charge in [-0.15, -0.1) is 0 Å². The van der Waals surface area contributed by atoms with E-state index in [1.54, 1.807) is 0 Å². The topological polar surface area (TPSA) is 45.6 Å². The first kappa shape index (κ1) is 18.0. The van der Waals surface area contributed by atoms with Gasteiger partial charge in [-0.2, -0.15) is 0 Å². The number of rotatable bonds is 6. The molecular weight excluding hydrogens is 336 g/mol. The molecule has 2 aromatic carbocycles. The number of benzene rings is 2. The van der Waals surface area contributed by atoms with Crippen LogP contribution in [0.5, 0.6) is 5.75 Å². The third kappa shape index (κ3) is 4.46. The maximum absolute atomic E-state index is 10.5. The van der Waals surface area contributed by atoms with Crippen molar-refractivity contribution in [1.82, 2.24) is 9.88 Å². The summed E-state index contributed by atoms with van der Waals surface area (Å²) < 4.78 is 5.70. The van der Waals surface area contributed by atoms with Gasteiger partial charge in [-0.3, -0.25) is 9.88 Å². The molecule has 1 atom stereocenters. The molecule has 0 unspecified atom stereocenters. The van der Waals surface area contributed by atoms with Crippen LogP contribution >= 0.6 is 0 Å². The number of likely N-dealkylation sites (tertiary alicyclic amines) is 1. The predicted molar refractivity (Wildman–Crippen MR) is 108 cm³/mol. The van der Waals surface area contributed by atoms with Crippen molar-refractivity contribution in [3.05, 3.63) is 72.4 Å². The van der Waals surface area contributed by atoms with E-state index in [4.69, 9.17) is 4.74 Å². The average molecular weight is 362 g/mol. The summed E-state index contributed by atoms with van der Waals surface area (Å²) in [6, 6.07) is 20.3. The maximum atomic E-state index is 10.5. The quantitative estimate of drug-likeness (QED) is 0.714. The van der Waals surface area contributed by atoms with Crippen molar-refractivity contribution >= 4 is 10.9 Å². The van der Waals surface area contributed by atoms with E-state index >= 15 is 0 Å². The zero-order valence-corrected chi connectivity index (χ0v) is 15.5. The van der Waals surface area contributed by atoms with Crippen LogP contribution < -0.4 is 4.74 Å². The lowest BCUT2D eigenvalue weighted by Crippen LogP contribution is -2.41. The Morgan fingerprint density at radius 3 is 2.59 bits per heavy atom. The van der Waals surface area contributed by atoms with E-state index in [0.717, 1.165) is 37.2 Å². The Morgan fingerprint density at radius 1 is 1.04 bits per heavy atom. The monoisotopic (exact) mass is 362 g/mol. The number of aliphatic hydroxyl groups excluding tert-OH is 1. The minimum atomic E-state index is -0.440. The molecule has 0 amide bonds. The Morgan fingerprint density at radius 2 is 1.78 bits per heavy atom. The lowest BCUT2D eigenvalue weighted by atomic mass is 9.89. The van der Waals surface area contributed by atoms with Crippen molar-refractivity contribution in [2.75, 3.05) is 19.7 Å². The third-order valence-electron chi connectivity index (χ3n) is 5.42. The van der Waals surface area contributed by atoms with Crippen molar-refractivity contribution in [3.8, 4) is 5.75 Å². The van der Waals surface area contributed by atoms with Gasteiger partial charge in [0.25, 0.3) is 0 Å². The van der Waals surface area contributed by atoms with Gasteiger partial charge >= 0.3 is 0 Å². The predicted octanol–water partition coefficient (Wildman–Crippen LogP) is 4.20. The summed E-state index contributed by atoms with van der Waals surface area (Å²) in [5.41, 5.74) is 2.36. The molecule has 27 heavy (non-hydrogen) atoms. The van der Waals surface area contributed by atoms with Crippen molar-refractivity contribution in [1.29, 1.82) is 0 Å². The molecule has 4 heteroatoms. The normalized spacial score (nSPS) is 17.1. The van der Waals surface area contributed by atoms with Crippen LogP contribution in [0.4, 0.5) is 0 Å². The summed E-state index contributed by atoms with van der Waals surface area (Å²) in [5, 5.41) is 11.7. The minimum absolute atomic E-state index is 0.440. The van der Waals surface area contributed by atoms with E-state index in [1.807, 2.05) is 42.6 Å². The molecule has 3 aromatic rings. The Bertz CT molecular complexity index is 860. The van der Waals surface area contributed by atoms with Crippen LogP contribution in [0, 0.1) is 0 Å². The summed E-state index contributed by atoms with van der Waals surface area (Å²) in [6.45, 7) is 2.34. The summed E-state index contributed by atoms with van der Waals surface area (Å²) >= 11 is 0. The lowest BCUT2D eigenvalue weighted by molar-refractivity contribution is -0.0235. The molecule has 1 aromatic heterocycles. The van der Waals surface area contributed by atoms with Crippen LogP contribution in [0.1, 0.15) is 30.7 Å². The Kier molecular flexibility index (Phi) is 5.66. The van der Waals surface area contributed by atoms with Gasteiger partial charge in [0.15, 0.2) is 0 Å². The smallest absolute Gasteiger partial charge is 0.119 e. The number of ether oxygens (including phenoxy) is 1. The molecule has 0 aliphatic carbocycles. The molecule has 1 fully saturated rings. The van der Waals surface area contributed by atoms with Crippen LogP contribution in [0.25, 0.3) is 10.9 Å². The highest BCUT2D eigenvalue weighted by Crippen LogP contribution is 2.30. The molecular formula is C23H26N2O2. The second kappa shape index (κ2) is 8.51. The fraction of sp³-hybridized carbons (Fsp3) is 0.348. The number of nitrogens with zero attached hydrogens (tertiary/aromatic N) is 2. The van der Waals surface area contributed by atoms with E-state index in [2.05, 4.69) is 34.1 Å². The molecule has 0 bridgehead atoms. The van der Waals surface area contributed by atoms with Crippen LogP contribution in [0.2, 0.25) is 0 Å². The van der Waals surface area contributed by atoms with Gasteiger partial charge in [-0.05, 0) is 48.6 Å². The van der Waals surface area contributed by atoms with E-state index in [0.29, 0.717) is 18.9 Å². The molecule has 4 nitrogen and oxygen atoms in total. The third-order valence-corrected chi connectivity index (χ3v) is 5.42. The van der Waals surface area contributed by atoms with Crippen LogP contribution in [0.15, 0.2) is 66.9 Å². The Balaban J connectivity index is 1.27. The maximum Gasteiger partial charge on any atom is 0.119 e. The molecule has 1 saturated heterocycles. The molecule has 1 aliphatic rings. The molecule has 2 heterocycles. The Hall–Kier alpha value is -2.43. The number of hydrogen-bond donors (Lipinski definition) is 1. The van der Waals surface area contributed by atoms with Gasteiger partial charge in [0.1, 0.15) is 12.0 Å². The molecule has 1 N–H and O–H groups in total. The fourth-order valence-electron chi connectivity index (χ4n) is 3.82. The van der Waals surface area contributed by atoms with Gasteiger partial charge < -0.3 is 9.84 Å². The number of para-hydroxylation sites is 2. The molecule has 1 aliphatic heterocycles. The minimum Gasteiger partial charge on any atom is -0.493 e. The fourth-order valence-corrected chi connectivity index (χ4v) is 3.82. The number of hydrogen-bond acceptors (Lipinski definition) is 4. The average Bonchev–Trinajstić information content (AvgIpc) is 2.74. The first-order valence-electron chi connectivity index (χ1n) is 9.74. The first-order chi connectivity index (χ1) is 13.3. The van der Waals surface area contributed by atoms with E-state index in [1.165, 1.54) is 10.9 Å². The molecule has 0 spiro atoms. The van der Waals surface area contributed by atoms with Crippen molar-refractivity contribution in [2.45, 2.75) is 31.4 Å². The number of piperidine rings is 1. The van der Waals surface area contributed by atoms with Crippen LogP contribution in [-0.2, 0) is 0 Å². The van der Waals surface area contributed by atoms with Crippen molar-refractivity contribution in [3.63, 3.8) is 0 Å². The van der Waals surface area contributed by atoms with E-state index in [-0.39, 0.29) is 0 Å². The lowest BCUT2D eigenvalue weighted by Gasteiger charge is -2.35. The summed E-state index contributed by atoms with van der Waals surface area (Å²) in [5.74, 6) is 1.37. The zero-order chi connectivity index (χ0) is 18.5. The molecule has 0 saturated carbocycles. The van der Waals surface area contributed by atoms with Gasteiger partial charge in [0.05, 0.1) is 12.1 Å².